The Bertz CT molecular complexity index is 311. The first-order chi connectivity index (χ1) is 6.28. The Balaban J connectivity index is 3.09. The van der Waals surface area contributed by atoms with E-state index in [4.69, 9.17) is 23.2 Å². The molecule has 0 aromatic heterocycles. The van der Waals surface area contributed by atoms with Gasteiger partial charge >= 0.3 is 109 Å². The average Bonchev–Trinajstić information content (AvgIpc) is 2.20. The zero-order chi connectivity index (χ0) is 11.1. The van der Waals surface area contributed by atoms with Crippen LogP contribution in [0.1, 0.15) is 34.6 Å². The summed E-state index contributed by atoms with van der Waals surface area (Å²) in [6.45, 7) is 11.2. The van der Waals surface area contributed by atoms with E-state index in [0.29, 0.717) is 0 Å². The Kier molecular flexibility index (Phi) is 4.12. The minimum atomic E-state index is -0.815. The van der Waals surface area contributed by atoms with Gasteiger partial charge in [0.2, 0.25) is 0 Å². The van der Waals surface area contributed by atoms with Crippen molar-refractivity contribution in [2.45, 2.75) is 37.2 Å². The molecule has 1 aliphatic rings. The number of halogens is 2. The van der Waals surface area contributed by atoms with Gasteiger partial charge in [-0.3, -0.25) is 0 Å². The van der Waals surface area contributed by atoms with Gasteiger partial charge < -0.3 is 0 Å². The van der Waals surface area contributed by atoms with E-state index >= 15 is 0 Å². The first kappa shape index (κ1) is 13.0. The molecule has 78 valence electrons. The topological polar surface area (TPSA) is 0 Å². The Morgan fingerprint density at radius 3 is 1.86 bits per heavy atom. The first-order valence-electron chi connectivity index (χ1n) is 4.73. The van der Waals surface area contributed by atoms with E-state index in [1.165, 1.54) is 16.7 Å². The summed E-state index contributed by atoms with van der Waals surface area (Å²) in [4.78, 5) is 0. The van der Waals surface area contributed by atoms with Crippen molar-refractivity contribution >= 4 is 23.2 Å². The third kappa shape index (κ3) is 2.20. The summed E-state index contributed by atoms with van der Waals surface area (Å²) in [5, 5.41) is 0. The molecule has 0 atom stereocenters. The summed E-state index contributed by atoms with van der Waals surface area (Å²) >= 11 is 11.1. The van der Waals surface area contributed by atoms with Crippen LogP contribution in [0.15, 0.2) is 20.0 Å². The Morgan fingerprint density at radius 2 is 1.57 bits per heavy atom. The first-order valence-corrected chi connectivity index (χ1v) is 8.25. The predicted octanol–water partition coefficient (Wildman–Crippen LogP) is 4.48. The minimum absolute atomic E-state index is 0.124. The molecule has 0 aliphatic heterocycles. The van der Waals surface area contributed by atoms with E-state index < -0.39 is 23.2 Å². The molecule has 0 saturated heterocycles. The van der Waals surface area contributed by atoms with Crippen molar-refractivity contribution in [3.63, 3.8) is 0 Å². The number of rotatable bonds is 2. The summed E-state index contributed by atoms with van der Waals surface area (Å²) in [6, 6.07) is 0. The Labute approximate surface area is 108 Å². The molecule has 0 fully saturated rings. The summed E-state index contributed by atoms with van der Waals surface area (Å²) in [5.74, 6) is 0. The van der Waals surface area contributed by atoms with Crippen molar-refractivity contribution in [1.29, 1.82) is 0 Å². The van der Waals surface area contributed by atoms with Crippen molar-refractivity contribution in [2.75, 3.05) is 0 Å². The van der Waals surface area contributed by atoms with Crippen LogP contribution in [0, 0.1) is 5.41 Å². The number of hydrogen-bond acceptors (Lipinski definition) is 0. The number of alkyl halides is 2. The van der Waals surface area contributed by atoms with E-state index in [-0.39, 0.29) is 7.96 Å². The van der Waals surface area contributed by atoms with Gasteiger partial charge in [0, 0.05) is 0 Å². The maximum atomic E-state index is 5.93. The predicted molar refractivity (Wildman–Crippen MR) is 60.3 cm³/mol. The molecule has 0 radical (unpaired) electrons. The molecule has 0 nitrogen and oxygen atoms in total. The van der Waals surface area contributed by atoms with Crippen LogP contribution in [0.4, 0.5) is 0 Å². The maximum absolute atomic E-state index is 5.93. The Hall–Kier alpha value is 0.943. The van der Waals surface area contributed by atoms with Crippen LogP contribution in [-0.4, -0.2) is 2.54 Å². The van der Waals surface area contributed by atoms with E-state index in [9.17, 15) is 0 Å². The summed E-state index contributed by atoms with van der Waals surface area (Å²) in [7, 11) is 0. The van der Waals surface area contributed by atoms with Crippen molar-refractivity contribution in [2.24, 2.45) is 5.41 Å². The molecule has 14 heavy (non-hydrogen) atoms. The quantitative estimate of drug-likeness (QED) is 0.660. The molecule has 0 unspecified atom stereocenters. The molecular formula is C11H16Cl2Zr. The molecule has 0 bridgehead atoms. The molecule has 0 N–H and O–H groups in total. The molecule has 3 heteroatoms. The zero-order valence-corrected chi connectivity index (χ0v) is 13.3. The van der Waals surface area contributed by atoms with Gasteiger partial charge in [-0.05, 0) is 0 Å². The van der Waals surface area contributed by atoms with Crippen LogP contribution < -0.4 is 0 Å². The van der Waals surface area contributed by atoms with Crippen molar-refractivity contribution < 1.29 is 23.2 Å². The van der Waals surface area contributed by atoms with Crippen LogP contribution in [0.2, 0.25) is 0 Å². The van der Waals surface area contributed by atoms with E-state index in [1.807, 2.05) is 0 Å². The second-order valence-corrected chi connectivity index (χ2v) is 10.6. The van der Waals surface area contributed by atoms with Gasteiger partial charge in [0.25, 0.3) is 0 Å². The molecule has 0 spiro atoms. The van der Waals surface area contributed by atoms with Crippen molar-refractivity contribution in [3.8, 4) is 0 Å². The van der Waals surface area contributed by atoms with Gasteiger partial charge in [-0.25, -0.2) is 0 Å². The third-order valence-electron chi connectivity index (χ3n) is 3.32. The number of hydrogen-bond donors (Lipinski definition) is 0. The van der Waals surface area contributed by atoms with Crippen molar-refractivity contribution in [1.82, 2.24) is 0 Å². The molecular weight excluding hydrogens is 294 g/mol. The number of allylic oxidation sites excluding steroid dienone is 4. The second-order valence-electron chi connectivity index (χ2n) is 4.32. The van der Waals surface area contributed by atoms with Gasteiger partial charge in [-0.1, -0.05) is 0 Å². The molecule has 0 heterocycles. The summed E-state index contributed by atoms with van der Waals surface area (Å²) < 4.78 is 1.44. The fraction of sp³-hybridized carbons (Fsp3) is 0.636. The van der Waals surface area contributed by atoms with Gasteiger partial charge in [-0.2, -0.15) is 0 Å². The normalized spacial score (nSPS) is 21.1. The third-order valence-corrected chi connectivity index (χ3v) is 8.31. The zero-order valence-electron chi connectivity index (χ0n) is 9.33. The monoisotopic (exact) mass is 308 g/mol. The molecule has 0 saturated carbocycles. The fourth-order valence-electron chi connectivity index (χ4n) is 1.99. The van der Waals surface area contributed by atoms with Crippen LogP contribution >= 0.6 is 23.2 Å². The van der Waals surface area contributed by atoms with Crippen LogP contribution in [0.3, 0.4) is 0 Å². The second kappa shape index (κ2) is 4.44. The van der Waals surface area contributed by atoms with E-state index in [2.05, 4.69) is 34.6 Å². The molecule has 0 aromatic carbocycles. The standard InChI is InChI=1S/C10H15.CHCl2.Zr/c1-7-6-10(4,5)9(3)8(7)2;2-1-3;/h1-5H3;1H;. The van der Waals surface area contributed by atoms with E-state index in [1.54, 1.807) is 3.28 Å². The summed E-state index contributed by atoms with van der Waals surface area (Å²) in [5.41, 5.74) is 4.59. The van der Waals surface area contributed by atoms with Crippen LogP contribution in [0.5, 0.6) is 0 Å². The molecule has 1 rings (SSSR count). The average molecular weight is 310 g/mol. The van der Waals surface area contributed by atoms with Gasteiger partial charge in [0.1, 0.15) is 0 Å². The fourth-order valence-corrected chi connectivity index (χ4v) is 6.16. The van der Waals surface area contributed by atoms with Crippen LogP contribution in [-0.2, 0) is 23.2 Å². The Morgan fingerprint density at radius 1 is 1.07 bits per heavy atom. The van der Waals surface area contributed by atoms with Crippen molar-refractivity contribution in [3.05, 3.63) is 20.0 Å². The van der Waals surface area contributed by atoms with E-state index in [0.717, 1.165) is 0 Å². The SMILES string of the molecule is CC1=C(C)C(C)(C)[C]([Zr][CH](Cl)Cl)=C1C. The molecule has 1 aliphatic carbocycles. The summed E-state index contributed by atoms with van der Waals surface area (Å²) in [6.07, 6.45) is 0. The van der Waals surface area contributed by atoms with Gasteiger partial charge in [0.05, 0.1) is 0 Å². The molecule has 0 amide bonds. The van der Waals surface area contributed by atoms with Gasteiger partial charge in [-0.15, -0.1) is 0 Å². The molecule has 0 aromatic rings. The van der Waals surface area contributed by atoms with Gasteiger partial charge in [0.15, 0.2) is 0 Å². The van der Waals surface area contributed by atoms with Crippen LogP contribution in [0.25, 0.3) is 0 Å².